The van der Waals surface area contributed by atoms with Crippen molar-refractivity contribution in [3.05, 3.63) is 41.3 Å². The van der Waals surface area contributed by atoms with Crippen LogP contribution in [0.15, 0.2) is 24.5 Å². The molecule has 2 N–H and O–H groups in total. The van der Waals surface area contributed by atoms with E-state index in [0.29, 0.717) is 24.4 Å². The molecular weight excluding hydrogens is 384 g/mol. The molecule has 3 rings (SSSR count). The van der Waals surface area contributed by atoms with Crippen LogP contribution < -0.4 is 15.4 Å². The maximum Gasteiger partial charge on any atom is 0.242 e. The number of aryl methyl sites for hydroxylation is 3. The van der Waals surface area contributed by atoms with Gasteiger partial charge in [0.05, 0.1) is 24.4 Å². The Labute approximate surface area is 174 Å². The number of anilines is 1. The monoisotopic (exact) mass is 410 g/mol. The van der Waals surface area contributed by atoms with Gasteiger partial charge < -0.3 is 15.4 Å². The third kappa shape index (κ3) is 4.73. The predicted molar refractivity (Wildman–Crippen MR) is 113 cm³/mol. The Bertz CT molecular complexity index is 1060. The Kier molecular flexibility index (Phi) is 6.61. The van der Waals surface area contributed by atoms with E-state index < -0.39 is 0 Å². The third-order valence-corrected chi connectivity index (χ3v) is 4.94. The van der Waals surface area contributed by atoms with Gasteiger partial charge in [0.1, 0.15) is 0 Å². The first-order chi connectivity index (χ1) is 14.4. The van der Waals surface area contributed by atoms with Crippen LogP contribution in [-0.4, -0.2) is 45.2 Å². The highest BCUT2D eigenvalue weighted by molar-refractivity contribution is 5.91. The number of methoxy groups -OCH3 is 1. The molecule has 0 radical (unpaired) electrons. The number of ether oxygens (including phenoxy) is 1. The van der Waals surface area contributed by atoms with Crippen molar-refractivity contribution in [3.8, 4) is 5.88 Å². The first kappa shape index (κ1) is 21.2. The lowest BCUT2D eigenvalue weighted by molar-refractivity contribution is -0.121. The molecule has 9 heteroatoms. The molecule has 0 saturated heterocycles. The lowest BCUT2D eigenvalue weighted by atomic mass is 10.00. The molecule has 0 saturated carbocycles. The summed E-state index contributed by atoms with van der Waals surface area (Å²) in [5.74, 6) is 0.248. The van der Waals surface area contributed by atoms with Gasteiger partial charge in [0.2, 0.25) is 17.7 Å². The van der Waals surface area contributed by atoms with Gasteiger partial charge in [-0.25, -0.2) is 9.67 Å². The van der Waals surface area contributed by atoms with Gasteiger partial charge in [0, 0.05) is 38.3 Å². The molecule has 9 nitrogen and oxygen atoms in total. The molecule has 0 aliphatic rings. The Morgan fingerprint density at radius 2 is 2.00 bits per heavy atom. The molecular formula is C21H26N6O3. The molecule has 0 bridgehead atoms. The molecule has 0 aliphatic heterocycles. The highest BCUT2D eigenvalue weighted by atomic mass is 16.5. The number of aromatic nitrogens is 4. The molecule has 0 fully saturated rings. The molecule has 3 heterocycles. The standard InChI is InChI=1S/C21H26N6O3/c1-13-16(14(2)24-20-19(13)21(30-4)26-27(20)3)7-8-17(28)23-11-9-18(29)25-15-6-5-10-22-12-15/h5-6,10,12H,7-9,11H2,1-4H3,(H,23,28)(H,25,29). The van der Waals surface area contributed by atoms with Crippen molar-refractivity contribution in [2.24, 2.45) is 7.05 Å². The zero-order valence-corrected chi connectivity index (χ0v) is 17.7. The molecule has 0 aromatic carbocycles. The smallest absolute Gasteiger partial charge is 0.242 e. The third-order valence-electron chi connectivity index (χ3n) is 4.94. The van der Waals surface area contributed by atoms with Crippen molar-refractivity contribution in [1.29, 1.82) is 0 Å². The van der Waals surface area contributed by atoms with Crippen molar-refractivity contribution in [2.75, 3.05) is 19.0 Å². The lowest BCUT2D eigenvalue weighted by Gasteiger charge is -2.11. The molecule has 3 aromatic heterocycles. The van der Waals surface area contributed by atoms with Gasteiger partial charge in [-0.3, -0.25) is 14.6 Å². The minimum atomic E-state index is -0.173. The quantitative estimate of drug-likeness (QED) is 0.588. The fraction of sp³-hybridized carbons (Fsp3) is 0.381. The van der Waals surface area contributed by atoms with E-state index in [-0.39, 0.29) is 24.8 Å². The summed E-state index contributed by atoms with van der Waals surface area (Å²) in [4.78, 5) is 32.8. The topological polar surface area (TPSA) is 111 Å². The van der Waals surface area contributed by atoms with E-state index in [4.69, 9.17) is 4.74 Å². The SMILES string of the molecule is COc1nn(C)c2nc(C)c(CCC(=O)NCCC(=O)Nc3cccnc3)c(C)c12. The largest absolute Gasteiger partial charge is 0.479 e. The van der Waals surface area contributed by atoms with Gasteiger partial charge in [-0.1, -0.05) is 0 Å². The number of carbonyl (C=O) groups excluding carboxylic acids is 2. The number of nitrogens with one attached hydrogen (secondary N) is 2. The summed E-state index contributed by atoms with van der Waals surface area (Å²) in [7, 11) is 3.41. The average Bonchev–Trinajstić information content (AvgIpc) is 3.04. The van der Waals surface area contributed by atoms with Crippen molar-refractivity contribution in [1.82, 2.24) is 25.1 Å². The minimum Gasteiger partial charge on any atom is -0.479 e. The van der Waals surface area contributed by atoms with Crippen LogP contribution in [0.3, 0.4) is 0 Å². The van der Waals surface area contributed by atoms with Gasteiger partial charge in [-0.2, -0.15) is 0 Å². The number of nitrogens with zero attached hydrogens (tertiary/aromatic N) is 4. The second-order valence-electron chi connectivity index (χ2n) is 7.02. The van der Waals surface area contributed by atoms with E-state index in [0.717, 1.165) is 27.9 Å². The number of amides is 2. The van der Waals surface area contributed by atoms with Gasteiger partial charge in [-0.15, -0.1) is 5.10 Å². The molecule has 0 spiro atoms. The molecule has 3 aromatic rings. The molecule has 0 atom stereocenters. The Morgan fingerprint density at radius 1 is 1.20 bits per heavy atom. The normalized spacial score (nSPS) is 10.8. The number of rotatable bonds is 8. The number of pyridine rings is 2. The second-order valence-corrected chi connectivity index (χ2v) is 7.02. The predicted octanol–water partition coefficient (Wildman–Crippen LogP) is 2.07. The number of carbonyl (C=O) groups is 2. The Balaban J connectivity index is 1.54. The van der Waals surface area contributed by atoms with Crippen LogP contribution >= 0.6 is 0 Å². The van der Waals surface area contributed by atoms with Crippen molar-refractivity contribution >= 4 is 28.5 Å². The van der Waals surface area contributed by atoms with Crippen molar-refractivity contribution in [3.63, 3.8) is 0 Å². The highest BCUT2D eigenvalue weighted by Crippen LogP contribution is 2.30. The molecule has 0 aliphatic carbocycles. The summed E-state index contributed by atoms with van der Waals surface area (Å²) in [5, 5.41) is 10.7. The van der Waals surface area contributed by atoms with Crippen molar-refractivity contribution in [2.45, 2.75) is 33.1 Å². The number of hydrogen-bond acceptors (Lipinski definition) is 6. The highest BCUT2D eigenvalue weighted by Gasteiger charge is 2.18. The van der Waals surface area contributed by atoms with E-state index in [1.807, 2.05) is 20.9 Å². The fourth-order valence-electron chi connectivity index (χ4n) is 3.41. The first-order valence-corrected chi connectivity index (χ1v) is 9.74. The van der Waals surface area contributed by atoms with Crippen LogP contribution in [0.4, 0.5) is 5.69 Å². The van der Waals surface area contributed by atoms with Gasteiger partial charge in [-0.05, 0) is 43.5 Å². The summed E-state index contributed by atoms with van der Waals surface area (Å²) >= 11 is 0. The van der Waals surface area contributed by atoms with E-state index in [2.05, 4.69) is 25.7 Å². The summed E-state index contributed by atoms with van der Waals surface area (Å²) in [6.45, 7) is 4.20. The average molecular weight is 410 g/mol. The van der Waals surface area contributed by atoms with Crippen LogP contribution in [0.1, 0.15) is 29.7 Å². The van der Waals surface area contributed by atoms with E-state index in [9.17, 15) is 9.59 Å². The molecule has 158 valence electrons. The lowest BCUT2D eigenvalue weighted by Crippen LogP contribution is -2.28. The molecule has 0 unspecified atom stereocenters. The summed E-state index contributed by atoms with van der Waals surface area (Å²) in [5.41, 5.74) is 4.29. The zero-order valence-electron chi connectivity index (χ0n) is 17.7. The molecule has 30 heavy (non-hydrogen) atoms. The Morgan fingerprint density at radius 3 is 2.70 bits per heavy atom. The van der Waals surface area contributed by atoms with E-state index in [1.54, 1.807) is 36.3 Å². The number of hydrogen-bond donors (Lipinski definition) is 2. The second kappa shape index (κ2) is 9.34. The summed E-state index contributed by atoms with van der Waals surface area (Å²) in [6, 6.07) is 3.50. The van der Waals surface area contributed by atoms with E-state index in [1.165, 1.54) is 0 Å². The van der Waals surface area contributed by atoms with Crippen LogP contribution in [0.2, 0.25) is 0 Å². The van der Waals surface area contributed by atoms with Crippen LogP contribution in [0.5, 0.6) is 5.88 Å². The van der Waals surface area contributed by atoms with Crippen LogP contribution in [0, 0.1) is 13.8 Å². The minimum absolute atomic E-state index is 0.110. The number of fused-ring (bicyclic) bond motifs is 1. The van der Waals surface area contributed by atoms with Gasteiger partial charge in [0.15, 0.2) is 5.65 Å². The zero-order chi connectivity index (χ0) is 21.7. The van der Waals surface area contributed by atoms with E-state index >= 15 is 0 Å². The van der Waals surface area contributed by atoms with Crippen LogP contribution in [0.25, 0.3) is 11.0 Å². The maximum absolute atomic E-state index is 12.3. The van der Waals surface area contributed by atoms with Crippen LogP contribution in [-0.2, 0) is 23.1 Å². The van der Waals surface area contributed by atoms with Gasteiger partial charge >= 0.3 is 0 Å². The molecule has 2 amide bonds. The van der Waals surface area contributed by atoms with Gasteiger partial charge in [0.25, 0.3) is 0 Å². The van der Waals surface area contributed by atoms with Crippen molar-refractivity contribution < 1.29 is 14.3 Å². The maximum atomic E-state index is 12.3. The Hall–Kier alpha value is -3.49. The first-order valence-electron chi connectivity index (χ1n) is 9.74. The summed E-state index contributed by atoms with van der Waals surface area (Å²) in [6.07, 6.45) is 4.26. The fourth-order valence-corrected chi connectivity index (χ4v) is 3.41. The summed E-state index contributed by atoms with van der Waals surface area (Å²) < 4.78 is 7.07.